The number of nitrogens with zero attached hydrogens (tertiary/aromatic N) is 1. The minimum absolute atomic E-state index is 0.0134. The summed E-state index contributed by atoms with van der Waals surface area (Å²) in [4.78, 5) is 28.8. The molecule has 0 fully saturated rings. The van der Waals surface area contributed by atoms with E-state index in [0.29, 0.717) is 19.5 Å². The maximum absolute atomic E-state index is 12.4. The van der Waals surface area contributed by atoms with Crippen molar-refractivity contribution >= 4 is 39.5 Å². The zero-order valence-corrected chi connectivity index (χ0v) is 17.1. The number of H-pyrrole nitrogens is 1. The van der Waals surface area contributed by atoms with E-state index >= 15 is 0 Å². The number of benzene rings is 1. The Bertz CT molecular complexity index is 1140. The second-order valence-corrected chi connectivity index (χ2v) is 8.51. The third-order valence-corrected chi connectivity index (χ3v) is 6.79. The SMILES string of the molecule is Cc1csc(=O)n1CCC(=O)NC[C@H](c1cccs1)c1c[nH]c2ccccc12. The summed E-state index contributed by atoms with van der Waals surface area (Å²) in [6.45, 7) is 2.83. The number of amides is 1. The Morgan fingerprint density at radius 1 is 1.21 bits per heavy atom. The smallest absolute Gasteiger partial charge is 0.307 e. The van der Waals surface area contributed by atoms with Crippen LogP contribution in [-0.4, -0.2) is 22.0 Å². The van der Waals surface area contributed by atoms with E-state index in [9.17, 15) is 9.59 Å². The first-order valence-corrected chi connectivity index (χ1v) is 10.9. The average Bonchev–Trinajstić information content (AvgIpc) is 3.43. The lowest BCUT2D eigenvalue weighted by Gasteiger charge is -2.16. The zero-order valence-electron chi connectivity index (χ0n) is 15.5. The third kappa shape index (κ3) is 3.81. The molecule has 0 radical (unpaired) electrons. The summed E-state index contributed by atoms with van der Waals surface area (Å²) in [5.41, 5.74) is 3.18. The number of carbonyl (C=O) groups is 1. The van der Waals surface area contributed by atoms with Gasteiger partial charge < -0.3 is 14.9 Å². The van der Waals surface area contributed by atoms with Gasteiger partial charge in [-0.2, -0.15) is 0 Å². The van der Waals surface area contributed by atoms with E-state index in [-0.39, 0.29) is 16.7 Å². The Balaban J connectivity index is 1.48. The van der Waals surface area contributed by atoms with E-state index in [2.05, 4.69) is 33.9 Å². The summed E-state index contributed by atoms with van der Waals surface area (Å²) in [5.74, 6) is 0.0459. The highest BCUT2D eigenvalue weighted by atomic mass is 32.1. The number of fused-ring (bicyclic) bond motifs is 1. The lowest BCUT2D eigenvalue weighted by Crippen LogP contribution is -2.30. The molecule has 3 aromatic heterocycles. The van der Waals surface area contributed by atoms with Gasteiger partial charge in [0.15, 0.2) is 0 Å². The highest BCUT2D eigenvalue weighted by Crippen LogP contribution is 2.32. The van der Waals surface area contributed by atoms with Gasteiger partial charge >= 0.3 is 4.87 Å². The minimum atomic E-state index is -0.0427. The van der Waals surface area contributed by atoms with Gasteiger partial charge in [-0.25, -0.2) is 0 Å². The molecular formula is C21H21N3O2S2. The topological polar surface area (TPSA) is 66.9 Å². The number of aromatic amines is 1. The van der Waals surface area contributed by atoms with E-state index in [4.69, 9.17) is 0 Å². The molecule has 0 saturated carbocycles. The minimum Gasteiger partial charge on any atom is -0.361 e. The van der Waals surface area contributed by atoms with E-state index in [1.54, 1.807) is 15.9 Å². The molecule has 0 aliphatic carbocycles. The Labute approximate surface area is 170 Å². The Morgan fingerprint density at radius 3 is 2.82 bits per heavy atom. The third-order valence-electron chi connectivity index (χ3n) is 4.93. The zero-order chi connectivity index (χ0) is 19.5. The van der Waals surface area contributed by atoms with E-state index in [1.165, 1.54) is 27.2 Å². The van der Waals surface area contributed by atoms with Crippen molar-refractivity contribution in [2.75, 3.05) is 6.54 Å². The van der Waals surface area contributed by atoms with Crippen LogP contribution in [0.15, 0.2) is 58.1 Å². The molecule has 1 aromatic carbocycles. The predicted octanol–water partition coefficient (Wildman–Crippen LogP) is 4.10. The molecule has 144 valence electrons. The lowest BCUT2D eigenvalue weighted by atomic mass is 9.96. The molecule has 2 N–H and O–H groups in total. The van der Waals surface area contributed by atoms with Crippen molar-refractivity contribution in [2.24, 2.45) is 0 Å². The van der Waals surface area contributed by atoms with Crippen molar-refractivity contribution in [3.05, 3.63) is 79.2 Å². The van der Waals surface area contributed by atoms with Crippen molar-refractivity contribution in [1.29, 1.82) is 0 Å². The van der Waals surface area contributed by atoms with Crippen LogP contribution < -0.4 is 10.2 Å². The van der Waals surface area contributed by atoms with Crippen LogP contribution in [0.5, 0.6) is 0 Å². The van der Waals surface area contributed by atoms with Gasteiger partial charge in [-0.3, -0.25) is 9.59 Å². The van der Waals surface area contributed by atoms with Crippen LogP contribution in [0.4, 0.5) is 0 Å². The van der Waals surface area contributed by atoms with E-state index in [1.807, 2.05) is 36.7 Å². The lowest BCUT2D eigenvalue weighted by molar-refractivity contribution is -0.121. The predicted molar refractivity (Wildman–Crippen MR) is 115 cm³/mol. The number of thiophene rings is 1. The van der Waals surface area contributed by atoms with Crippen molar-refractivity contribution < 1.29 is 4.79 Å². The Kier molecular flexibility index (Phi) is 5.45. The van der Waals surface area contributed by atoms with Crippen molar-refractivity contribution in [3.8, 4) is 0 Å². The van der Waals surface area contributed by atoms with Gasteiger partial charge in [0.1, 0.15) is 0 Å². The van der Waals surface area contributed by atoms with Crippen molar-refractivity contribution in [1.82, 2.24) is 14.9 Å². The number of carbonyl (C=O) groups excluding carboxylic acids is 1. The molecule has 1 amide bonds. The number of hydrogen-bond donors (Lipinski definition) is 2. The molecular weight excluding hydrogens is 390 g/mol. The number of aryl methyl sites for hydroxylation is 1. The van der Waals surface area contributed by atoms with Gasteiger partial charge in [0.2, 0.25) is 5.91 Å². The summed E-state index contributed by atoms with van der Waals surface area (Å²) in [5, 5.41) is 8.13. The number of hydrogen-bond acceptors (Lipinski definition) is 4. The van der Waals surface area contributed by atoms with E-state index in [0.717, 1.165) is 11.2 Å². The van der Waals surface area contributed by atoms with Gasteiger partial charge in [-0.1, -0.05) is 35.6 Å². The Hall–Kier alpha value is -2.64. The first-order chi connectivity index (χ1) is 13.6. The van der Waals surface area contributed by atoms with Crippen LogP contribution >= 0.6 is 22.7 Å². The monoisotopic (exact) mass is 411 g/mol. The molecule has 28 heavy (non-hydrogen) atoms. The number of thiazole rings is 1. The molecule has 0 aliphatic heterocycles. The summed E-state index contributed by atoms with van der Waals surface area (Å²) in [6, 6.07) is 12.4. The molecule has 0 bridgehead atoms. The Morgan fingerprint density at radius 2 is 2.07 bits per heavy atom. The fourth-order valence-corrected chi connectivity index (χ4v) is 5.03. The largest absolute Gasteiger partial charge is 0.361 e. The van der Waals surface area contributed by atoms with Crippen LogP contribution in [0.3, 0.4) is 0 Å². The number of nitrogens with one attached hydrogen (secondary N) is 2. The van der Waals surface area contributed by atoms with Crippen molar-refractivity contribution in [3.63, 3.8) is 0 Å². The average molecular weight is 412 g/mol. The molecule has 0 saturated heterocycles. The molecule has 7 heteroatoms. The second-order valence-electron chi connectivity index (χ2n) is 6.71. The van der Waals surface area contributed by atoms with Crippen LogP contribution in [0.1, 0.15) is 28.5 Å². The maximum atomic E-state index is 12.4. The van der Waals surface area contributed by atoms with Crippen LogP contribution in [0.2, 0.25) is 0 Å². The highest BCUT2D eigenvalue weighted by molar-refractivity contribution is 7.10. The van der Waals surface area contributed by atoms with E-state index < -0.39 is 0 Å². The van der Waals surface area contributed by atoms with Gasteiger partial charge in [0.05, 0.1) is 0 Å². The molecule has 4 rings (SSSR count). The van der Waals surface area contributed by atoms with Crippen LogP contribution in [0.25, 0.3) is 10.9 Å². The van der Waals surface area contributed by atoms with Gasteiger partial charge in [0.25, 0.3) is 0 Å². The van der Waals surface area contributed by atoms with Gasteiger partial charge in [0, 0.05) is 58.5 Å². The van der Waals surface area contributed by atoms with Crippen LogP contribution in [-0.2, 0) is 11.3 Å². The second kappa shape index (κ2) is 8.16. The first-order valence-electron chi connectivity index (χ1n) is 9.14. The molecule has 0 spiro atoms. The molecule has 4 aromatic rings. The normalized spacial score (nSPS) is 12.3. The maximum Gasteiger partial charge on any atom is 0.307 e. The van der Waals surface area contributed by atoms with Gasteiger partial charge in [-0.05, 0) is 30.0 Å². The summed E-state index contributed by atoms with van der Waals surface area (Å²) < 4.78 is 1.65. The fourth-order valence-electron chi connectivity index (χ4n) is 3.43. The van der Waals surface area contributed by atoms with Crippen LogP contribution in [0, 0.1) is 6.92 Å². The molecule has 5 nitrogen and oxygen atoms in total. The quantitative estimate of drug-likeness (QED) is 0.481. The number of rotatable bonds is 7. The fraction of sp³-hybridized carbons (Fsp3) is 0.238. The highest BCUT2D eigenvalue weighted by Gasteiger charge is 2.20. The molecule has 3 heterocycles. The molecule has 0 aliphatic rings. The van der Waals surface area contributed by atoms with Crippen molar-refractivity contribution in [2.45, 2.75) is 25.8 Å². The first kappa shape index (κ1) is 18.7. The summed E-state index contributed by atoms with van der Waals surface area (Å²) in [6.07, 6.45) is 2.33. The van der Waals surface area contributed by atoms with Gasteiger partial charge in [-0.15, -0.1) is 11.3 Å². The number of para-hydroxylation sites is 1. The standard InChI is InChI=1S/C21H21N3O2S2/c1-14-13-28-21(26)24(14)9-8-20(25)23-12-17(19-7-4-10-27-19)16-11-22-18-6-3-2-5-15(16)18/h2-7,10-11,13,17,22H,8-9,12H2,1H3,(H,23,25)/t17-/m0/s1. The summed E-state index contributed by atoms with van der Waals surface area (Å²) >= 11 is 2.87. The summed E-state index contributed by atoms with van der Waals surface area (Å²) in [7, 11) is 0. The molecule has 1 atom stereocenters. The number of aromatic nitrogens is 2. The molecule has 0 unspecified atom stereocenters.